The summed E-state index contributed by atoms with van der Waals surface area (Å²) in [4.78, 5) is 29.5. The summed E-state index contributed by atoms with van der Waals surface area (Å²) in [7, 11) is 1.52. The van der Waals surface area contributed by atoms with Gasteiger partial charge in [-0.15, -0.1) is 0 Å². The zero-order chi connectivity index (χ0) is 20.6. The monoisotopic (exact) mass is 409 g/mol. The van der Waals surface area contributed by atoms with Gasteiger partial charge in [-0.3, -0.25) is 14.6 Å². The van der Waals surface area contributed by atoms with Crippen molar-refractivity contribution in [2.24, 2.45) is 0 Å². The first kappa shape index (κ1) is 20.4. The lowest BCUT2D eigenvalue weighted by Gasteiger charge is -2.19. The molecule has 29 heavy (non-hydrogen) atoms. The van der Waals surface area contributed by atoms with Gasteiger partial charge in [0.1, 0.15) is 11.8 Å². The summed E-state index contributed by atoms with van der Waals surface area (Å²) in [6.45, 7) is 0. The van der Waals surface area contributed by atoms with Crippen LogP contribution >= 0.6 is 11.6 Å². The minimum atomic E-state index is -0.786. The maximum Gasteiger partial charge on any atom is 0.253 e. The summed E-state index contributed by atoms with van der Waals surface area (Å²) < 4.78 is 5.13. The van der Waals surface area contributed by atoms with Crippen LogP contribution in [0.2, 0.25) is 5.02 Å². The van der Waals surface area contributed by atoms with E-state index >= 15 is 0 Å². The molecule has 1 aromatic heterocycles. The molecule has 148 valence electrons. The maximum atomic E-state index is 12.9. The predicted molar refractivity (Wildman–Crippen MR) is 112 cm³/mol. The third-order valence-electron chi connectivity index (χ3n) is 4.25. The number of carbonyl (C=O) groups excluding carboxylic acids is 2. The molecule has 1 unspecified atom stereocenters. The number of halogens is 1. The fourth-order valence-corrected chi connectivity index (χ4v) is 3.03. The van der Waals surface area contributed by atoms with Crippen molar-refractivity contribution in [2.75, 3.05) is 12.4 Å². The van der Waals surface area contributed by atoms with Gasteiger partial charge in [-0.25, -0.2) is 0 Å². The quantitative estimate of drug-likeness (QED) is 0.623. The number of nitrogens with zero attached hydrogens (tertiary/aromatic N) is 1. The Hall–Kier alpha value is -3.38. The first-order valence-electron chi connectivity index (χ1n) is 8.96. The standard InChI is InChI=1S/C22H20ClN3O3/c1-29-20-10-9-17(13-18(20)23)25-22(28)19(12-15-6-3-2-4-7-15)26-21(27)16-8-5-11-24-14-16/h2-11,13-14,19H,12H2,1H3,(H,25,28)(H,26,27). The number of nitrogens with one attached hydrogen (secondary N) is 2. The largest absolute Gasteiger partial charge is 0.495 e. The molecule has 0 radical (unpaired) electrons. The third-order valence-corrected chi connectivity index (χ3v) is 4.54. The second-order valence-electron chi connectivity index (χ2n) is 6.30. The predicted octanol–water partition coefficient (Wildman–Crippen LogP) is 3.72. The van der Waals surface area contributed by atoms with Gasteiger partial charge >= 0.3 is 0 Å². The van der Waals surface area contributed by atoms with Crippen LogP contribution in [0, 0.1) is 0 Å². The summed E-state index contributed by atoms with van der Waals surface area (Å²) in [5, 5.41) is 5.97. The second-order valence-corrected chi connectivity index (χ2v) is 6.70. The topological polar surface area (TPSA) is 80.3 Å². The summed E-state index contributed by atoms with van der Waals surface area (Å²) in [6, 6.07) is 16.9. The number of pyridine rings is 1. The Morgan fingerprint density at radius 3 is 2.55 bits per heavy atom. The fraction of sp³-hybridized carbons (Fsp3) is 0.136. The number of amides is 2. The van der Waals surface area contributed by atoms with E-state index < -0.39 is 6.04 Å². The van der Waals surface area contributed by atoms with Crippen LogP contribution in [-0.2, 0) is 11.2 Å². The molecule has 0 aliphatic rings. The molecule has 2 N–H and O–H groups in total. The lowest BCUT2D eigenvalue weighted by Crippen LogP contribution is -2.45. The Labute approximate surface area is 173 Å². The number of carbonyl (C=O) groups is 2. The van der Waals surface area contributed by atoms with Gasteiger partial charge in [-0.2, -0.15) is 0 Å². The number of ether oxygens (including phenoxy) is 1. The molecule has 3 rings (SSSR count). The number of benzene rings is 2. The van der Waals surface area contributed by atoms with Crippen LogP contribution in [0.4, 0.5) is 5.69 Å². The number of anilines is 1. The molecule has 2 aromatic carbocycles. The van der Waals surface area contributed by atoms with Gasteiger partial charge in [0.15, 0.2) is 0 Å². The molecule has 0 fully saturated rings. The molecule has 7 heteroatoms. The molecular formula is C22H20ClN3O3. The second kappa shape index (κ2) is 9.71. The molecule has 2 amide bonds. The molecule has 3 aromatic rings. The highest BCUT2D eigenvalue weighted by Crippen LogP contribution is 2.27. The first-order chi connectivity index (χ1) is 14.1. The van der Waals surface area contributed by atoms with Crippen LogP contribution < -0.4 is 15.4 Å². The van der Waals surface area contributed by atoms with Crippen LogP contribution in [0.3, 0.4) is 0 Å². The van der Waals surface area contributed by atoms with Gasteiger partial charge in [-0.05, 0) is 35.9 Å². The minimum absolute atomic E-state index is 0.336. The van der Waals surface area contributed by atoms with Crippen molar-refractivity contribution in [3.05, 3.63) is 89.2 Å². The smallest absolute Gasteiger partial charge is 0.253 e. The highest BCUT2D eigenvalue weighted by Gasteiger charge is 2.22. The van der Waals surface area contributed by atoms with Crippen molar-refractivity contribution in [2.45, 2.75) is 12.5 Å². The molecule has 0 aliphatic heterocycles. The summed E-state index contributed by atoms with van der Waals surface area (Å²) in [5.41, 5.74) is 1.81. The van der Waals surface area contributed by atoms with Gasteiger partial charge in [0.05, 0.1) is 17.7 Å². The van der Waals surface area contributed by atoms with Gasteiger partial charge in [0.25, 0.3) is 5.91 Å². The average molecular weight is 410 g/mol. The Kier molecular flexibility index (Phi) is 6.81. The molecule has 0 saturated heterocycles. The number of aromatic nitrogens is 1. The molecule has 1 atom stereocenters. The Morgan fingerprint density at radius 1 is 1.10 bits per heavy atom. The van der Waals surface area contributed by atoms with Gasteiger partial charge in [0, 0.05) is 24.5 Å². The van der Waals surface area contributed by atoms with E-state index in [1.807, 2.05) is 30.3 Å². The van der Waals surface area contributed by atoms with E-state index in [2.05, 4.69) is 15.6 Å². The number of hydrogen-bond acceptors (Lipinski definition) is 4. The number of methoxy groups -OCH3 is 1. The highest BCUT2D eigenvalue weighted by atomic mass is 35.5. The third kappa shape index (κ3) is 5.56. The van der Waals surface area contributed by atoms with Gasteiger partial charge in [0.2, 0.25) is 5.91 Å². The van der Waals surface area contributed by atoms with E-state index in [1.165, 1.54) is 13.3 Å². The van der Waals surface area contributed by atoms with Crippen LogP contribution in [0.25, 0.3) is 0 Å². The Morgan fingerprint density at radius 2 is 1.90 bits per heavy atom. The first-order valence-corrected chi connectivity index (χ1v) is 9.34. The Bertz CT molecular complexity index is 981. The van der Waals surface area contributed by atoms with Crippen LogP contribution in [0.1, 0.15) is 15.9 Å². The van der Waals surface area contributed by atoms with Crippen molar-refractivity contribution in [3.8, 4) is 5.75 Å². The highest BCUT2D eigenvalue weighted by molar-refractivity contribution is 6.32. The summed E-state index contributed by atoms with van der Waals surface area (Å²) >= 11 is 6.13. The van der Waals surface area contributed by atoms with Gasteiger partial charge < -0.3 is 15.4 Å². The molecule has 1 heterocycles. The Balaban J connectivity index is 1.78. The van der Waals surface area contributed by atoms with E-state index in [-0.39, 0.29) is 11.8 Å². The van der Waals surface area contributed by atoms with E-state index in [9.17, 15) is 9.59 Å². The van der Waals surface area contributed by atoms with Crippen molar-refractivity contribution in [1.82, 2.24) is 10.3 Å². The van der Waals surface area contributed by atoms with Crippen molar-refractivity contribution in [1.29, 1.82) is 0 Å². The van der Waals surface area contributed by atoms with E-state index in [0.717, 1.165) is 5.56 Å². The lowest BCUT2D eigenvalue weighted by atomic mass is 10.0. The average Bonchev–Trinajstić information content (AvgIpc) is 2.74. The SMILES string of the molecule is COc1ccc(NC(=O)C(Cc2ccccc2)NC(=O)c2cccnc2)cc1Cl. The van der Waals surface area contributed by atoms with Crippen molar-refractivity contribution < 1.29 is 14.3 Å². The van der Waals surface area contributed by atoms with Crippen molar-refractivity contribution >= 4 is 29.1 Å². The number of hydrogen-bond donors (Lipinski definition) is 2. The van der Waals surface area contributed by atoms with Crippen LogP contribution in [0.15, 0.2) is 73.1 Å². The minimum Gasteiger partial charge on any atom is -0.495 e. The normalized spacial score (nSPS) is 11.4. The van der Waals surface area contributed by atoms with Gasteiger partial charge in [-0.1, -0.05) is 41.9 Å². The molecule has 6 nitrogen and oxygen atoms in total. The zero-order valence-electron chi connectivity index (χ0n) is 15.8. The maximum absolute atomic E-state index is 12.9. The van der Waals surface area contributed by atoms with E-state index in [1.54, 1.807) is 36.5 Å². The van der Waals surface area contributed by atoms with E-state index in [4.69, 9.17) is 16.3 Å². The fourth-order valence-electron chi connectivity index (χ4n) is 2.77. The zero-order valence-corrected chi connectivity index (χ0v) is 16.5. The molecule has 0 aliphatic carbocycles. The molecular weight excluding hydrogens is 390 g/mol. The van der Waals surface area contributed by atoms with Crippen LogP contribution in [0.5, 0.6) is 5.75 Å². The van der Waals surface area contributed by atoms with E-state index in [0.29, 0.717) is 28.4 Å². The number of rotatable bonds is 7. The molecule has 0 saturated carbocycles. The summed E-state index contributed by atoms with van der Waals surface area (Å²) in [5.74, 6) is -0.218. The van der Waals surface area contributed by atoms with Crippen molar-refractivity contribution in [3.63, 3.8) is 0 Å². The summed E-state index contributed by atoms with van der Waals surface area (Å²) in [6.07, 6.45) is 3.37. The molecule has 0 spiro atoms. The lowest BCUT2D eigenvalue weighted by molar-refractivity contribution is -0.118. The molecule has 0 bridgehead atoms. The van der Waals surface area contributed by atoms with Crippen LogP contribution in [-0.4, -0.2) is 29.9 Å².